The maximum Gasteiger partial charge on any atom is 0.471 e. The fourth-order valence-corrected chi connectivity index (χ4v) is 2.95. The molecule has 0 bridgehead atoms. The third kappa shape index (κ3) is 5.57. The standard InChI is InChI=1S/C18H24F3NO5/c1-10-11(2)15(22-17(24)18(19,20)21)16(23)27-14(10)9-26-8-12-4-6-13(25-3)7-5-12/h4-7,10-11,14-16,23H,8-9H2,1-3H3,(H,22,24)/t10-,11-,14?,15?,16?/m0/s1. The maximum atomic E-state index is 12.4. The van der Waals surface area contributed by atoms with Crippen LogP contribution in [0.5, 0.6) is 5.75 Å². The molecule has 0 saturated carbocycles. The topological polar surface area (TPSA) is 77.0 Å². The zero-order chi connectivity index (χ0) is 20.2. The zero-order valence-electron chi connectivity index (χ0n) is 15.3. The molecule has 1 aromatic carbocycles. The van der Waals surface area contributed by atoms with Crippen molar-refractivity contribution in [2.45, 2.75) is 45.1 Å². The van der Waals surface area contributed by atoms with E-state index in [4.69, 9.17) is 14.2 Å². The lowest BCUT2D eigenvalue weighted by Crippen LogP contribution is -2.59. The van der Waals surface area contributed by atoms with E-state index in [1.165, 1.54) is 0 Å². The normalized spacial score (nSPS) is 28.6. The third-order valence-corrected chi connectivity index (χ3v) is 4.87. The first-order valence-corrected chi connectivity index (χ1v) is 8.55. The summed E-state index contributed by atoms with van der Waals surface area (Å²) in [5.74, 6) is -2.03. The minimum Gasteiger partial charge on any atom is -0.497 e. The van der Waals surface area contributed by atoms with Gasteiger partial charge in [0.05, 0.1) is 32.5 Å². The number of alkyl halides is 3. The van der Waals surface area contributed by atoms with Crippen molar-refractivity contribution in [2.24, 2.45) is 11.8 Å². The van der Waals surface area contributed by atoms with Crippen LogP contribution in [0.1, 0.15) is 19.4 Å². The Morgan fingerprint density at radius 1 is 1.22 bits per heavy atom. The Morgan fingerprint density at radius 2 is 1.85 bits per heavy atom. The van der Waals surface area contributed by atoms with Crippen molar-refractivity contribution in [3.63, 3.8) is 0 Å². The second-order valence-corrected chi connectivity index (χ2v) is 6.64. The third-order valence-electron chi connectivity index (χ3n) is 4.87. The highest BCUT2D eigenvalue weighted by atomic mass is 19.4. The Hall–Kier alpha value is -1.84. The lowest BCUT2D eigenvalue weighted by Gasteiger charge is -2.43. The molecule has 1 heterocycles. The van der Waals surface area contributed by atoms with Crippen LogP contribution in [-0.4, -0.2) is 49.3 Å². The smallest absolute Gasteiger partial charge is 0.471 e. The highest BCUT2D eigenvalue weighted by Gasteiger charge is 2.46. The van der Waals surface area contributed by atoms with Crippen molar-refractivity contribution in [3.05, 3.63) is 29.8 Å². The number of benzene rings is 1. The van der Waals surface area contributed by atoms with Gasteiger partial charge in [-0.15, -0.1) is 0 Å². The number of ether oxygens (including phenoxy) is 3. The Morgan fingerprint density at radius 3 is 2.41 bits per heavy atom. The van der Waals surface area contributed by atoms with Gasteiger partial charge in [0.25, 0.3) is 0 Å². The van der Waals surface area contributed by atoms with E-state index in [0.717, 1.165) is 11.3 Å². The molecule has 1 fully saturated rings. The first kappa shape index (κ1) is 21.5. The summed E-state index contributed by atoms with van der Waals surface area (Å²) in [6, 6.07) is 6.16. The number of aliphatic hydroxyl groups excluding tert-OH is 1. The highest BCUT2D eigenvalue weighted by molar-refractivity contribution is 5.82. The maximum absolute atomic E-state index is 12.4. The molecule has 9 heteroatoms. The van der Waals surface area contributed by atoms with Gasteiger partial charge in [-0.05, 0) is 29.5 Å². The number of rotatable bonds is 6. The van der Waals surface area contributed by atoms with E-state index in [1.807, 2.05) is 17.4 Å². The molecule has 1 amide bonds. The predicted octanol–water partition coefficient (Wildman–Crippen LogP) is 2.25. The van der Waals surface area contributed by atoms with Crippen LogP contribution in [0.15, 0.2) is 24.3 Å². The van der Waals surface area contributed by atoms with Crippen molar-refractivity contribution in [2.75, 3.05) is 13.7 Å². The van der Waals surface area contributed by atoms with Gasteiger partial charge < -0.3 is 24.6 Å². The molecular formula is C18H24F3NO5. The van der Waals surface area contributed by atoms with Crippen LogP contribution >= 0.6 is 0 Å². The second-order valence-electron chi connectivity index (χ2n) is 6.64. The average molecular weight is 391 g/mol. The Labute approximate surface area is 155 Å². The molecule has 1 aromatic rings. The van der Waals surface area contributed by atoms with E-state index in [0.29, 0.717) is 6.61 Å². The van der Waals surface area contributed by atoms with Gasteiger partial charge in [0.15, 0.2) is 6.29 Å². The molecule has 6 nitrogen and oxygen atoms in total. The van der Waals surface area contributed by atoms with E-state index >= 15 is 0 Å². The van der Waals surface area contributed by atoms with Crippen LogP contribution in [0.2, 0.25) is 0 Å². The molecule has 2 rings (SSSR count). The lowest BCUT2D eigenvalue weighted by atomic mass is 9.82. The number of carbonyl (C=O) groups is 1. The van der Waals surface area contributed by atoms with Gasteiger partial charge in [0.2, 0.25) is 0 Å². The SMILES string of the molecule is COc1ccc(COCC2OC(O)C(NC(=O)C(F)(F)F)[C@@H](C)[C@@H]2C)cc1. The summed E-state index contributed by atoms with van der Waals surface area (Å²) >= 11 is 0. The monoisotopic (exact) mass is 391 g/mol. The van der Waals surface area contributed by atoms with Crippen LogP contribution in [0.25, 0.3) is 0 Å². The molecule has 5 atom stereocenters. The quantitative estimate of drug-likeness (QED) is 0.778. The Balaban J connectivity index is 1.88. The predicted molar refractivity (Wildman–Crippen MR) is 89.8 cm³/mol. The molecule has 1 aliphatic rings. The van der Waals surface area contributed by atoms with E-state index < -0.39 is 36.4 Å². The summed E-state index contributed by atoms with van der Waals surface area (Å²) < 4.78 is 53.4. The van der Waals surface area contributed by atoms with Gasteiger partial charge in [-0.3, -0.25) is 4.79 Å². The lowest BCUT2D eigenvalue weighted by molar-refractivity contribution is -0.228. The van der Waals surface area contributed by atoms with Crippen LogP contribution in [0, 0.1) is 11.8 Å². The number of methoxy groups -OCH3 is 1. The fraction of sp³-hybridized carbons (Fsp3) is 0.611. The Bertz CT molecular complexity index is 622. The van der Waals surface area contributed by atoms with Crippen LogP contribution in [0.3, 0.4) is 0 Å². The van der Waals surface area contributed by atoms with E-state index in [1.54, 1.807) is 33.1 Å². The number of aliphatic hydroxyl groups is 1. The van der Waals surface area contributed by atoms with Gasteiger partial charge in [0, 0.05) is 0 Å². The van der Waals surface area contributed by atoms with Crippen molar-refractivity contribution < 1.29 is 37.3 Å². The van der Waals surface area contributed by atoms with Gasteiger partial charge >= 0.3 is 12.1 Å². The van der Waals surface area contributed by atoms with Crippen molar-refractivity contribution in [3.8, 4) is 5.75 Å². The largest absolute Gasteiger partial charge is 0.497 e. The molecular weight excluding hydrogens is 367 g/mol. The number of carbonyl (C=O) groups excluding carboxylic acids is 1. The number of halogens is 3. The number of nitrogens with one attached hydrogen (secondary N) is 1. The van der Waals surface area contributed by atoms with Gasteiger partial charge in [-0.25, -0.2) is 0 Å². The van der Waals surface area contributed by atoms with Crippen molar-refractivity contribution in [1.82, 2.24) is 5.32 Å². The van der Waals surface area contributed by atoms with Crippen molar-refractivity contribution in [1.29, 1.82) is 0 Å². The first-order chi connectivity index (χ1) is 12.6. The summed E-state index contributed by atoms with van der Waals surface area (Å²) in [6.07, 6.45) is -7.06. The first-order valence-electron chi connectivity index (χ1n) is 8.55. The van der Waals surface area contributed by atoms with E-state index in [9.17, 15) is 23.1 Å². The molecule has 2 N–H and O–H groups in total. The van der Waals surface area contributed by atoms with Crippen LogP contribution in [-0.2, 0) is 20.9 Å². The fourth-order valence-electron chi connectivity index (χ4n) is 2.95. The Kier molecular flexibility index (Phi) is 7.07. The number of hydrogen-bond acceptors (Lipinski definition) is 5. The molecule has 0 radical (unpaired) electrons. The van der Waals surface area contributed by atoms with E-state index in [2.05, 4.69) is 0 Å². The zero-order valence-corrected chi connectivity index (χ0v) is 15.3. The molecule has 1 aliphatic heterocycles. The van der Waals surface area contributed by atoms with Crippen LogP contribution in [0.4, 0.5) is 13.2 Å². The second kappa shape index (κ2) is 8.90. The average Bonchev–Trinajstić information content (AvgIpc) is 2.62. The summed E-state index contributed by atoms with van der Waals surface area (Å²) in [6.45, 7) is 3.92. The number of hydrogen-bond donors (Lipinski definition) is 2. The molecule has 152 valence electrons. The van der Waals surface area contributed by atoms with Crippen LogP contribution < -0.4 is 10.1 Å². The van der Waals surface area contributed by atoms with Gasteiger partial charge in [-0.2, -0.15) is 13.2 Å². The molecule has 27 heavy (non-hydrogen) atoms. The summed E-state index contributed by atoms with van der Waals surface area (Å²) in [5, 5.41) is 11.9. The van der Waals surface area contributed by atoms with Gasteiger partial charge in [-0.1, -0.05) is 26.0 Å². The molecule has 0 aromatic heterocycles. The minimum atomic E-state index is -5.01. The minimum absolute atomic E-state index is 0.161. The highest BCUT2D eigenvalue weighted by Crippen LogP contribution is 2.31. The van der Waals surface area contributed by atoms with Crippen molar-refractivity contribution >= 4 is 5.91 Å². The number of amides is 1. The van der Waals surface area contributed by atoms with E-state index in [-0.39, 0.29) is 12.5 Å². The van der Waals surface area contributed by atoms with Gasteiger partial charge in [0.1, 0.15) is 5.75 Å². The summed E-state index contributed by atoms with van der Waals surface area (Å²) in [4.78, 5) is 11.2. The molecule has 3 unspecified atom stereocenters. The molecule has 0 spiro atoms. The molecule has 1 saturated heterocycles. The molecule has 0 aliphatic carbocycles. The summed E-state index contributed by atoms with van der Waals surface area (Å²) in [7, 11) is 1.57. The summed E-state index contributed by atoms with van der Waals surface area (Å²) in [5.41, 5.74) is 0.920.